The van der Waals surface area contributed by atoms with Gasteiger partial charge in [-0.15, -0.1) is 0 Å². The monoisotopic (exact) mass is 631 g/mol. The molecule has 0 saturated heterocycles. The molecular formula is C48H41N. The summed E-state index contributed by atoms with van der Waals surface area (Å²) in [6.45, 7) is 9.45. The van der Waals surface area contributed by atoms with Crippen molar-refractivity contribution in [2.24, 2.45) is 0 Å². The van der Waals surface area contributed by atoms with E-state index in [9.17, 15) is 0 Å². The van der Waals surface area contributed by atoms with Gasteiger partial charge in [-0.2, -0.15) is 0 Å². The lowest BCUT2D eigenvalue weighted by Crippen LogP contribution is -2.23. The second-order valence-electron chi connectivity index (χ2n) is 14.4. The van der Waals surface area contributed by atoms with Crippen molar-refractivity contribution in [3.8, 4) is 33.4 Å². The SMILES string of the molecule is CCC1(CC)c2ccc(N(c3cccc(-c4ccccc4)c3)c3ccc4c(c3)C(C)(C)c3ccccc3-4)cc2-c2cc3ccccc3cc21. The van der Waals surface area contributed by atoms with Gasteiger partial charge in [-0.3, -0.25) is 0 Å². The zero-order chi connectivity index (χ0) is 33.3. The highest BCUT2D eigenvalue weighted by molar-refractivity contribution is 5.95. The summed E-state index contributed by atoms with van der Waals surface area (Å²) >= 11 is 0. The van der Waals surface area contributed by atoms with Crippen LogP contribution in [0.25, 0.3) is 44.2 Å². The van der Waals surface area contributed by atoms with Crippen molar-refractivity contribution in [2.45, 2.75) is 51.4 Å². The van der Waals surface area contributed by atoms with Crippen LogP contribution in [0.5, 0.6) is 0 Å². The lowest BCUT2D eigenvalue weighted by molar-refractivity contribution is 0.491. The maximum absolute atomic E-state index is 2.48. The highest BCUT2D eigenvalue weighted by Crippen LogP contribution is 2.56. The summed E-state index contributed by atoms with van der Waals surface area (Å²) in [5, 5.41) is 2.62. The summed E-state index contributed by atoms with van der Waals surface area (Å²) in [5.74, 6) is 0. The summed E-state index contributed by atoms with van der Waals surface area (Å²) in [6.07, 6.45) is 2.15. The van der Waals surface area contributed by atoms with Crippen molar-refractivity contribution >= 4 is 27.8 Å². The molecule has 9 rings (SSSR count). The third-order valence-corrected chi connectivity index (χ3v) is 11.7. The Kier molecular flexibility index (Phi) is 6.71. The van der Waals surface area contributed by atoms with Crippen molar-refractivity contribution in [1.82, 2.24) is 0 Å². The molecule has 0 aromatic heterocycles. The fourth-order valence-corrected chi connectivity index (χ4v) is 9.06. The van der Waals surface area contributed by atoms with Crippen LogP contribution in [-0.2, 0) is 10.8 Å². The molecule has 2 aliphatic rings. The fourth-order valence-electron chi connectivity index (χ4n) is 9.06. The van der Waals surface area contributed by atoms with Crippen LogP contribution in [0.1, 0.15) is 62.8 Å². The van der Waals surface area contributed by atoms with Crippen molar-refractivity contribution < 1.29 is 0 Å². The van der Waals surface area contributed by atoms with E-state index in [4.69, 9.17) is 0 Å². The number of hydrogen-bond acceptors (Lipinski definition) is 1. The first-order valence-corrected chi connectivity index (χ1v) is 17.8. The molecule has 1 nitrogen and oxygen atoms in total. The van der Waals surface area contributed by atoms with Gasteiger partial charge in [-0.25, -0.2) is 0 Å². The molecule has 0 N–H and O–H groups in total. The van der Waals surface area contributed by atoms with Crippen molar-refractivity contribution in [3.63, 3.8) is 0 Å². The van der Waals surface area contributed by atoms with E-state index in [1.54, 1.807) is 0 Å². The molecule has 1 heteroatoms. The lowest BCUT2D eigenvalue weighted by atomic mass is 9.73. The number of nitrogens with zero attached hydrogens (tertiary/aromatic N) is 1. The Morgan fingerprint density at radius 2 is 1.02 bits per heavy atom. The zero-order valence-electron chi connectivity index (χ0n) is 28.8. The van der Waals surface area contributed by atoms with E-state index in [1.165, 1.54) is 77.8 Å². The van der Waals surface area contributed by atoms with Crippen LogP contribution < -0.4 is 4.90 Å². The molecular weight excluding hydrogens is 591 g/mol. The first-order chi connectivity index (χ1) is 23.9. The van der Waals surface area contributed by atoms with Gasteiger partial charge in [0, 0.05) is 27.9 Å². The first-order valence-electron chi connectivity index (χ1n) is 17.8. The molecule has 0 atom stereocenters. The third kappa shape index (κ3) is 4.38. The summed E-state index contributed by atoms with van der Waals surface area (Å²) in [5.41, 5.74) is 17.0. The number of rotatable bonds is 6. The van der Waals surface area contributed by atoms with Gasteiger partial charge in [0.05, 0.1) is 0 Å². The van der Waals surface area contributed by atoms with E-state index in [-0.39, 0.29) is 10.8 Å². The number of anilines is 3. The summed E-state index contributed by atoms with van der Waals surface area (Å²) in [7, 11) is 0. The smallest absolute Gasteiger partial charge is 0.0468 e. The van der Waals surface area contributed by atoms with Crippen LogP contribution >= 0.6 is 0 Å². The summed E-state index contributed by atoms with van der Waals surface area (Å²) < 4.78 is 0. The predicted octanol–water partition coefficient (Wildman–Crippen LogP) is 13.4. The standard InChI is InChI=1S/C48H41N/c1-5-48(6-2)44-26-24-37(30-42(44)41-28-34-17-10-11-18-35(34)29-46(41)48)49(36-20-14-19-33(27-36)32-15-8-7-9-16-32)38-23-25-40-39-21-12-13-22-43(39)47(3,4)45(40)31-38/h7-31H,5-6H2,1-4H3. The number of fused-ring (bicyclic) bond motifs is 7. The van der Waals surface area contributed by atoms with Gasteiger partial charge >= 0.3 is 0 Å². The molecule has 0 saturated carbocycles. The molecule has 2 aliphatic carbocycles. The molecule has 238 valence electrons. The highest BCUT2D eigenvalue weighted by Gasteiger charge is 2.41. The first kappa shape index (κ1) is 29.7. The van der Waals surface area contributed by atoms with Crippen LogP contribution in [0.3, 0.4) is 0 Å². The molecule has 0 bridgehead atoms. The van der Waals surface area contributed by atoms with Gasteiger partial charge in [0.2, 0.25) is 0 Å². The Bertz CT molecular complexity index is 2390. The minimum atomic E-state index is -0.0840. The van der Waals surface area contributed by atoms with Crippen molar-refractivity contribution in [3.05, 3.63) is 174 Å². The van der Waals surface area contributed by atoms with Crippen LogP contribution in [0.2, 0.25) is 0 Å². The largest absolute Gasteiger partial charge is 0.310 e. The van der Waals surface area contributed by atoms with E-state index in [2.05, 4.69) is 184 Å². The van der Waals surface area contributed by atoms with Gasteiger partial charge in [0.25, 0.3) is 0 Å². The normalized spacial score (nSPS) is 14.6. The van der Waals surface area contributed by atoms with Crippen LogP contribution in [0, 0.1) is 0 Å². The van der Waals surface area contributed by atoms with E-state index >= 15 is 0 Å². The number of benzene rings is 7. The molecule has 0 heterocycles. The van der Waals surface area contributed by atoms with Crippen molar-refractivity contribution in [2.75, 3.05) is 4.90 Å². The highest BCUT2D eigenvalue weighted by atomic mass is 15.1. The number of hydrogen-bond donors (Lipinski definition) is 0. The molecule has 0 fully saturated rings. The molecule has 49 heavy (non-hydrogen) atoms. The predicted molar refractivity (Wildman–Crippen MR) is 208 cm³/mol. The van der Waals surface area contributed by atoms with E-state index in [1.807, 2.05) is 0 Å². The minimum absolute atomic E-state index is 0.00859. The van der Waals surface area contributed by atoms with E-state index < -0.39 is 0 Å². The Hall–Kier alpha value is -5.40. The minimum Gasteiger partial charge on any atom is -0.310 e. The van der Waals surface area contributed by atoms with Gasteiger partial charge in [-0.05, 0) is 128 Å². The van der Waals surface area contributed by atoms with E-state index in [0.29, 0.717) is 0 Å². The molecule has 7 aromatic carbocycles. The van der Waals surface area contributed by atoms with Crippen LogP contribution in [-0.4, -0.2) is 0 Å². The van der Waals surface area contributed by atoms with Crippen LogP contribution in [0.4, 0.5) is 17.1 Å². The maximum atomic E-state index is 2.48. The quantitative estimate of drug-likeness (QED) is 0.176. The average Bonchev–Trinajstić information content (AvgIpc) is 3.55. The Labute approximate surface area is 290 Å². The van der Waals surface area contributed by atoms with Gasteiger partial charge in [0.1, 0.15) is 0 Å². The summed E-state index contributed by atoms with van der Waals surface area (Å²) in [4.78, 5) is 2.48. The van der Waals surface area contributed by atoms with Gasteiger partial charge < -0.3 is 4.90 Å². The molecule has 0 amide bonds. The Balaban J connectivity index is 1.27. The second kappa shape index (κ2) is 11.1. The third-order valence-electron chi connectivity index (χ3n) is 11.7. The Morgan fingerprint density at radius 1 is 0.408 bits per heavy atom. The maximum Gasteiger partial charge on any atom is 0.0468 e. The summed E-state index contributed by atoms with van der Waals surface area (Å²) in [6, 6.07) is 56.8. The van der Waals surface area contributed by atoms with Gasteiger partial charge in [-0.1, -0.05) is 131 Å². The molecule has 0 spiro atoms. The van der Waals surface area contributed by atoms with Crippen molar-refractivity contribution in [1.29, 1.82) is 0 Å². The van der Waals surface area contributed by atoms with Gasteiger partial charge in [0.15, 0.2) is 0 Å². The lowest BCUT2D eigenvalue weighted by Gasteiger charge is -2.31. The second-order valence-corrected chi connectivity index (χ2v) is 14.4. The van der Waals surface area contributed by atoms with Crippen LogP contribution in [0.15, 0.2) is 152 Å². The molecule has 0 unspecified atom stereocenters. The fraction of sp³-hybridized carbons (Fsp3) is 0.167. The topological polar surface area (TPSA) is 3.24 Å². The average molecular weight is 632 g/mol. The van der Waals surface area contributed by atoms with E-state index in [0.717, 1.165) is 18.5 Å². The molecule has 7 aromatic rings. The Morgan fingerprint density at radius 3 is 1.82 bits per heavy atom. The molecule has 0 radical (unpaired) electrons. The molecule has 0 aliphatic heterocycles. The zero-order valence-corrected chi connectivity index (χ0v) is 28.8.